The molecule has 0 aromatic heterocycles. The van der Waals surface area contributed by atoms with Crippen LogP contribution in [0.2, 0.25) is 0 Å². The molecular weight excluding hydrogens is 464 g/mol. The molecule has 0 bridgehead atoms. The number of rotatable bonds is 4. The molecule has 5 heteroatoms. The summed E-state index contributed by atoms with van der Waals surface area (Å²) in [6, 6.07) is 0. The van der Waals surface area contributed by atoms with Gasteiger partial charge in [0.05, 0.1) is 24.2 Å². The average Bonchev–Trinajstić information content (AvgIpc) is 3.47. The Hall–Kier alpha value is -1.23. The van der Waals surface area contributed by atoms with E-state index in [0.717, 1.165) is 45.0 Å². The van der Waals surface area contributed by atoms with Crippen LogP contribution in [0.15, 0.2) is 0 Å². The molecule has 37 heavy (non-hydrogen) atoms. The Morgan fingerprint density at radius 1 is 0.919 bits per heavy atom. The minimum absolute atomic E-state index is 0.0161. The third-order valence-corrected chi connectivity index (χ3v) is 14.3. The van der Waals surface area contributed by atoms with Crippen molar-refractivity contribution in [3.05, 3.63) is 0 Å². The van der Waals surface area contributed by atoms with Crippen molar-refractivity contribution in [3.63, 3.8) is 0 Å². The highest BCUT2D eigenvalue weighted by Gasteiger charge is 2.73. The summed E-state index contributed by atoms with van der Waals surface area (Å²) in [5.74, 6) is 2.33. The second-order valence-corrected chi connectivity index (χ2v) is 15.4. The predicted molar refractivity (Wildman–Crippen MR) is 141 cm³/mol. The van der Waals surface area contributed by atoms with Gasteiger partial charge in [0, 0.05) is 18.8 Å². The van der Waals surface area contributed by atoms with Crippen molar-refractivity contribution in [1.82, 2.24) is 0 Å². The Bertz CT molecular complexity index is 1020. The number of ether oxygens (including phenoxy) is 2. The molecule has 0 amide bonds. The number of aldehydes is 1. The molecule has 5 nitrogen and oxygen atoms in total. The van der Waals surface area contributed by atoms with Crippen LogP contribution in [0, 0.1) is 56.7 Å². The molecule has 6 rings (SSSR count). The van der Waals surface area contributed by atoms with Gasteiger partial charge in [-0.2, -0.15) is 0 Å². The second kappa shape index (κ2) is 7.92. The van der Waals surface area contributed by atoms with Gasteiger partial charge in [-0.25, -0.2) is 0 Å². The number of epoxide rings is 1. The molecule has 0 aromatic rings. The minimum Gasteiger partial charge on any atom is -0.465 e. The molecule has 5 aliphatic carbocycles. The van der Waals surface area contributed by atoms with Gasteiger partial charge in [0.2, 0.25) is 0 Å². The quantitative estimate of drug-likeness (QED) is 0.195. The fourth-order valence-corrected chi connectivity index (χ4v) is 11.9. The highest BCUT2D eigenvalue weighted by Crippen LogP contribution is 2.77. The van der Waals surface area contributed by atoms with Crippen LogP contribution in [-0.4, -0.2) is 36.9 Å². The van der Waals surface area contributed by atoms with E-state index in [4.69, 9.17) is 9.47 Å². The third kappa shape index (κ3) is 3.21. The summed E-state index contributed by atoms with van der Waals surface area (Å²) in [4.78, 5) is 37.3. The van der Waals surface area contributed by atoms with Crippen LogP contribution < -0.4 is 0 Å². The lowest BCUT2D eigenvalue weighted by Crippen LogP contribution is -2.67. The van der Waals surface area contributed by atoms with Gasteiger partial charge in [0.1, 0.15) is 12.1 Å². The first-order valence-corrected chi connectivity index (χ1v) is 15.1. The maximum absolute atomic E-state index is 13.0. The standard InChI is InChI=1S/C32H48O5/c1-20(34)36-19-32-14-9-22(31(6)18-37-31)26(32)21-7-8-24-27(2)12-11-25(35)28(3,17-33)23(27)10-13-30(24,5)29(21,4)15-16-32/h17,21-24,26H,7-16,18-19H2,1-6H3/t21?,22-,23?,24?,26?,27+,28+,29-,30-,31?,32-/m1/s1. The van der Waals surface area contributed by atoms with Gasteiger partial charge < -0.3 is 14.3 Å². The maximum Gasteiger partial charge on any atom is 0.302 e. The number of carbonyl (C=O) groups is 3. The first kappa shape index (κ1) is 26.0. The number of esters is 1. The van der Waals surface area contributed by atoms with Crippen LogP contribution in [0.5, 0.6) is 0 Å². The molecule has 6 fully saturated rings. The highest BCUT2D eigenvalue weighted by atomic mass is 16.6. The lowest BCUT2D eigenvalue weighted by atomic mass is 9.32. The number of hydrogen-bond acceptors (Lipinski definition) is 5. The smallest absolute Gasteiger partial charge is 0.302 e. The van der Waals surface area contributed by atoms with Gasteiger partial charge in [-0.15, -0.1) is 0 Å². The topological polar surface area (TPSA) is 73.0 Å². The Morgan fingerprint density at radius 2 is 1.65 bits per heavy atom. The normalized spacial score (nSPS) is 56.4. The first-order chi connectivity index (χ1) is 17.3. The second-order valence-electron chi connectivity index (χ2n) is 15.4. The van der Waals surface area contributed by atoms with E-state index >= 15 is 0 Å². The number of fused-ring (bicyclic) bond motifs is 7. The summed E-state index contributed by atoms with van der Waals surface area (Å²) >= 11 is 0. The molecule has 5 unspecified atom stereocenters. The summed E-state index contributed by atoms with van der Waals surface area (Å²) in [6.45, 7) is 14.8. The van der Waals surface area contributed by atoms with Gasteiger partial charge in [0.25, 0.3) is 0 Å². The largest absolute Gasteiger partial charge is 0.465 e. The van der Waals surface area contributed by atoms with Crippen LogP contribution in [0.4, 0.5) is 0 Å². The van der Waals surface area contributed by atoms with Crippen LogP contribution in [0.3, 0.4) is 0 Å². The van der Waals surface area contributed by atoms with E-state index in [9.17, 15) is 14.4 Å². The molecule has 0 radical (unpaired) electrons. The van der Waals surface area contributed by atoms with E-state index in [1.54, 1.807) is 6.92 Å². The van der Waals surface area contributed by atoms with Crippen molar-refractivity contribution in [2.45, 2.75) is 111 Å². The molecule has 11 atom stereocenters. The summed E-state index contributed by atoms with van der Waals surface area (Å²) in [7, 11) is 0. The SMILES string of the molecule is CC(=O)OC[C@]12CC[C@@H](C3(C)CO3)C1C1CCC3[C@@]4(C)CCC(=O)[C@@](C)(C=O)C4CC[C@@]3(C)[C@]1(C)CC2. The van der Waals surface area contributed by atoms with Gasteiger partial charge in [-0.1, -0.05) is 20.8 Å². The summed E-state index contributed by atoms with van der Waals surface area (Å²) in [5.41, 5.74) is -0.368. The molecule has 1 heterocycles. The van der Waals surface area contributed by atoms with Gasteiger partial charge in [-0.05, 0) is 117 Å². The maximum atomic E-state index is 13.0. The van der Waals surface area contributed by atoms with Crippen molar-refractivity contribution in [3.8, 4) is 0 Å². The Morgan fingerprint density at radius 3 is 2.30 bits per heavy atom. The Balaban J connectivity index is 1.38. The predicted octanol–water partition coefficient (Wildman–Crippen LogP) is 6.17. The van der Waals surface area contributed by atoms with E-state index in [-0.39, 0.29) is 44.9 Å². The van der Waals surface area contributed by atoms with Crippen molar-refractivity contribution in [2.75, 3.05) is 13.2 Å². The highest BCUT2D eigenvalue weighted by molar-refractivity contribution is 5.99. The molecule has 206 valence electrons. The van der Waals surface area contributed by atoms with Gasteiger partial charge in [0.15, 0.2) is 0 Å². The zero-order valence-corrected chi connectivity index (χ0v) is 24.0. The van der Waals surface area contributed by atoms with Crippen LogP contribution in [0.1, 0.15) is 106 Å². The van der Waals surface area contributed by atoms with E-state index < -0.39 is 5.41 Å². The molecule has 1 saturated heterocycles. The summed E-state index contributed by atoms with van der Waals surface area (Å²) in [5, 5.41) is 0. The lowest BCUT2D eigenvalue weighted by molar-refractivity contribution is -0.238. The zero-order chi connectivity index (χ0) is 26.6. The van der Waals surface area contributed by atoms with Crippen molar-refractivity contribution in [1.29, 1.82) is 0 Å². The van der Waals surface area contributed by atoms with Crippen molar-refractivity contribution >= 4 is 18.0 Å². The zero-order valence-electron chi connectivity index (χ0n) is 24.0. The van der Waals surface area contributed by atoms with Crippen LogP contribution >= 0.6 is 0 Å². The molecule has 0 N–H and O–H groups in total. The number of ketones is 1. The van der Waals surface area contributed by atoms with E-state index in [1.807, 2.05) is 6.92 Å². The van der Waals surface area contributed by atoms with Crippen LogP contribution in [0.25, 0.3) is 0 Å². The molecule has 0 spiro atoms. The number of carbonyl (C=O) groups excluding carboxylic acids is 3. The third-order valence-electron chi connectivity index (χ3n) is 14.3. The molecule has 0 aromatic carbocycles. The van der Waals surface area contributed by atoms with Crippen molar-refractivity contribution < 1.29 is 23.9 Å². The fourth-order valence-electron chi connectivity index (χ4n) is 11.9. The van der Waals surface area contributed by atoms with E-state index in [0.29, 0.717) is 36.7 Å². The lowest BCUT2D eigenvalue weighted by Gasteiger charge is -2.72. The summed E-state index contributed by atoms with van der Waals surface area (Å²) < 4.78 is 11.9. The Kier molecular flexibility index (Phi) is 5.57. The first-order valence-electron chi connectivity index (χ1n) is 15.1. The molecule has 5 saturated carbocycles. The van der Waals surface area contributed by atoms with E-state index in [1.165, 1.54) is 25.7 Å². The van der Waals surface area contributed by atoms with Crippen molar-refractivity contribution in [2.24, 2.45) is 56.7 Å². The molecule has 6 aliphatic rings. The average molecular weight is 513 g/mol. The monoisotopic (exact) mass is 512 g/mol. The van der Waals surface area contributed by atoms with Gasteiger partial charge >= 0.3 is 5.97 Å². The summed E-state index contributed by atoms with van der Waals surface area (Å²) in [6.07, 6.45) is 11.5. The Labute approximate surface area is 223 Å². The number of hydrogen-bond donors (Lipinski definition) is 0. The van der Waals surface area contributed by atoms with E-state index in [2.05, 4.69) is 27.7 Å². The molecular formula is C32H48O5. The molecule has 1 aliphatic heterocycles. The van der Waals surface area contributed by atoms with Gasteiger partial charge in [-0.3, -0.25) is 9.59 Å². The number of Topliss-reactive ketones (excluding diaryl/α,β-unsaturated/α-hetero) is 1. The van der Waals surface area contributed by atoms with Crippen LogP contribution in [-0.2, 0) is 23.9 Å². The minimum atomic E-state index is -0.827. The fraction of sp³-hybridized carbons (Fsp3) is 0.906.